The van der Waals surface area contributed by atoms with Crippen molar-refractivity contribution in [2.45, 2.75) is 25.3 Å². The molecule has 124 valence electrons. The molecular formula is C21H19N3O. The normalized spacial score (nSPS) is 23.0. The summed E-state index contributed by atoms with van der Waals surface area (Å²) in [7, 11) is 0. The Morgan fingerprint density at radius 2 is 1.92 bits per heavy atom. The lowest BCUT2D eigenvalue weighted by molar-refractivity contribution is -0.125. The molecule has 3 aromatic rings. The molecule has 2 aromatic carbocycles. The van der Waals surface area contributed by atoms with Crippen molar-refractivity contribution < 1.29 is 4.79 Å². The number of benzene rings is 2. The van der Waals surface area contributed by atoms with Gasteiger partial charge in [-0.1, -0.05) is 42.0 Å². The van der Waals surface area contributed by atoms with Crippen LogP contribution in [0.2, 0.25) is 0 Å². The first-order valence-corrected chi connectivity index (χ1v) is 8.68. The number of hydrogen-bond donors (Lipinski definition) is 1. The third-order valence-corrected chi connectivity index (χ3v) is 5.66. The zero-order valence-corrected chi connectivity index (χ0v) is 14.1. The number of carbonyl (C=O) groups is 1. The van der Waals surface area contributed by atoms with Crippen LogP contribution in [-0.4, -0.2) is 15.5 Å². The molecule has 0 saturated heterocycles. The summed E-state index contributed by atoms with van der Waals surface area (Å²) in [6.45, 7) is 2.04. The van der Waals surface area contributed by atoms with Crippen LogP contribution in [0.5, 0.6) is 0 Å². The maximum Gasteiger partial charge on any atom is 0.227 e. The predicted molar refractivity (Wildman–Crippen MR) is 97.3 cm³/mol. The highest BCUT2D eigenvalue weighted by atomic mass is 16.1. The fraction of sp³-hybridized carbons (Fsp3) is 0.238. The van der Waals surface area contributed by atoms with E-state index in [1.165, 1.54) is 16.7 Å². The van der Waals surface area contributed by atoms with E-state index < -0.39 is 0 Å². The molecule has 0 bridgehead atoms. The summed E-state index contributed by atoms with van der Waals surface area (Å²) in [4.78, 5) is 17.0. The number of carbonyl (C=O) groups excluding carboxylic acids is 1. The van der Waals surface area contributed by atoms with E-state index in [0.717, 1.165) is 24.2 Å². The quantitative estimate of drug-likeness (QED) is 0.773. The molecule has 4 nitrogen and oxygen atoms in total. The fourth-order valence-electron chi connectivity index (χ4n) is 4.32. The first-order chi connectivity index (χ1) is 12.2. The summed E-state index contributed by atoms with van der Waals surface area (Å²) in [5, 5.41) is 3.06. The maximum atomic E-state index is 12.6. The first-order valence-electron chi connectivity index (χ1n) is 8.68. The van der Waals surface area contributed by atoms with Crippen LogP contribution in [0, 0.1) is 12.8 Å². The molecular weight excluding hydrogens is 310 g/mol. The van der Waals surface area contributed by atoms with Crippen LogP contribution in [0.3, 0.4) is 0 Å². The summed E-state index contributed by atoms with van der Waals surface area (Å²) < 4.78 is 2.26. The van der Waals surface area contributed by atoms with Crippen LogP contribution in [0.25, 0.3) is 11.3 Å². The van der Waals surface area contributed by atoms with Gasteiger partial charge >= 0.3 is 0 Å². The highest BCUT2D eigenvalue weighted by Crippen LogP contribution is 2.56. The van der Waals surface area contributed by atoms with Gasteiger partial charge in [-0.15, -0.1) is 0 Å². The third kappa shape index (κ3) is 2.00. The second-order valence-corrected chi connectivity index (χ2v) is 7.19. The van der Waals surface area contributed by atoms with Crippen molar-refractivity contribution in [1.29, 1.82) is 0 Å². The summed E-state index contributed by atoms with van der Waals surface area (Å²) in [6.07, 6.45) is 5.48. The van der Waals surface area contributed by atoms with Gasteiger partial charge in [-0.05, 0) is 37.5 Å². The Labute approximate surface area is 146 Å². The predicted octanol–water partition coefficient (Wildman–Crippen LogP) is 3.96. The van der Waals surface area contributed by atoms with Crippen molar-refractivity contribution in [1.82, 2.24) is 9.55 Å². The number of aromatic nitrogens is 2. The lowest BCUT2D eigenvalue weighted by Gasteiger charge is -2.46. The number of amides is 1. The molecule has 1 amide bonds. The Kier molecular flexibility index (Phi) is 2.93. The van der Waals surface area contributed by atoms with Gasteiger partial charge in [0.25, 0.3) is 0 Å². The van der Waals surface area contributed by atoms with Gasteiger partial charge in [-0.3, -0.25) is 4.79 Å². The molecule has 1 aliphatic heterocycles. The van der Waals surface area contributed by atoms with Crippen LogP contribution in [0.1, 0.15) is 24.0 Å². The highest BCUT2D eigenvalue weighted by molar-refractivity contribution is 5.94. The van der Waals surface area contributed by atoms with Crippen LogP contribution in [-0.2, 0) is 10.3 Å². The second-order valence-electron chi connectivity index (χ2n) is 7.19. The molecule has 1 fully saturated rings. The van der Waals surface area contributed by atoms with Gasteiger partial charge in [0, 0.05) is 17.2 Å². The van der Waals surface area contributed by atoms with Crippen molar-refractivity contribution >= 4 is 11.6 Å². The van der Waals surface area contributed by atoms with Gasteiger partial charge in [-0.2, -0.15) is 0 Å². The summed E-state index contributed by atoms with van der Waals surface area (Å²) in [5.41, 5.74) is 5.69. The molecule has 4 heteroatoms. The number of rotatable bonds is 2. The second kappa shape index (κ2) is 5.06. The molecule has 0 radical (unpaired) electrons. The Balaban J connectivity index is 1.39. The summed E-state index contributed by atoms with van der Waals surface area (Å²) in [6, 6.07) is 16.4. The Hall–Kier alpha value is -2.88. The number of aryl methyl sites for hydroxylation is 1. The molecule has 5 rings (SSSR count). The first kappa shape index (κ1) is 14.5. The van der Waals surface area contributed by atoms with Gasteiger partial charge in [0.15, 0.2) is 0 Å². The van der Waals surface area contributed by atoms with Crippen LogP contribution >= 0.6 is 0 Å². The molecule has 0 unspecified atom stereocenters. The van der Waals surface area contributed by atoms with Crippen molar-refractivity contribution in [2.75, 3.05) is 5.32 Å². The molecule has 1 aliphatic carbocycles. The summed E-state index contributed by atoms with van der Waals surface area (Å²) >= 11 is 0. The monoisotopic (exact) mass is 329 g/mol. The molecule has 1 aromatic heterocycles. The van der Waals surface area contributed by atoms with E-state index in [1.807, 2.05) is 43.7 Å². The minimum atomic E-state index is -0.0995. The molecule has 2 heterocycles. The van der Waals surface area contributed by atoms with E-state index in [4.69, 9.17) is 0 Å². The van der Waals surface area contributed by atoms with Gasteiger partial charge < -0.3 is 9.88 Å². The fourth-order valence-corrected chi connectivity index (χ4v) is 4.32. The van der Waals surface area contributed by atoms with Crippen LogP contribution < -0.4 is 5.32 Å². The van der Waals surface area contributed by atoms with E-state index in [2.05, 4.69) is 39.1 Å². The van der Waals surface area contributed by atoms with Gasteiger partial charge in [0.1, 0.15) is 0 Å². The largest absolute Gasteiger partial charge is 0.326 e. The molecule has 2 aliphatic rings. The lowest BCUT2D eigenvalue weighted by atomic mass is 9.64. The number of nitrogens with one attached hydrogen (secondary N) is 1. The average molecular weight is 329 g/mol. The van der Waals surface area contributed by atoms with E-state index in [1.54, 1.807) is 0 Å². The zero-order valence-electron chi connectivity index (χ0n) is 14.1. The number of nitrogens with zero attached hydrogens (tertiary/aromatic N) is 2. The molecule has 1 N–H and O–H groups in total. The molecule has 1 saturated carbocycles. The SMILES string of the molecule is Cc1ccc(NC(=O)C2CC3(C2)c2ccccc2-c2cncn23)cc1. The van der Waals surface area contributed by atoms with E-state index in [-0.39, 0.29) is 17.4 Å². The van der Waals surface area contributed by atoms with Gasteiger partial charge in [-0.25, -0.2) is 4.98 Å². The topological polar surface area (TPSA) is 46.9 Å². The zero-order chi connectivity index (χ0) is 17.0. The van der Waals surface area contributed by atoms with Crippen molar-refractivity contribution in [3.8, 4) is 11.3 Å². The van der Waals surface area contributed by atoms with Crippen LogP contribution in [0.4, 0.5) is 5.69 Å². The highest BCUT2D eigenvalue weighted by Gasteiger charge is 2.54. The van der Waals surface area contributed by atoms with E-state index >= 15 is 0 Å². The van der Waals surface area contributed by atoms with Gasteiger partial charge in [0.05, 0.1) is 23.8 Å². The third-order valence-electron chi connectivity index (χ3n) is 5.66. The smallest absolute Gasteiger partial charge is 0.227 e. The minimum absolute atomic E-state index is 0.0303. The van der Waals surface area contributed by atoms with Crippen LogP contribution in [0.15, 0.2) is 61.1 Å². The Morgan fingerprint density at radius 3 is 2.72 bits per heavy atom. The Bertz CT molecular complexity index is 965. The minimum Gasteiger partial charge on any atom is -0.326 e. The number of imidazole rings is 1. The average Bonchev–Trinajstić information content (AvgIpc) is 3.15. The number of anilines is 1. The van der Waals surface area contributed by atoms with E-state index in [0.29, 0.717) is 0 Å². The number of hydrogen-bond acceptors (Lipinski definition) is 2. The van der Waals surface area contributed by atoms with Crippen molar-refractivity contribution in [3.05, 3.63) is 72.2 Å². The molecule has 0 atom stereocenters. The molecule has 1 spiro atoms. The van der Waals surface area contributed by atoms with E-state index in [9.17, 15) is 4.79 Å². The van der Waals surface area contributed by atoms with Crippen molar-refractivity contribution in [2.24, 2.45) is 5.92 Å². The summed E-state index contributed by atoms with van der Waals surface area (Å²) in [5.74, 6) is 0.142. The standard InChI is InChI=1S/C21H19N3O/c1-14-6-8-16(9-7-14)23-20(25)15-10-21(11-15)18-5-3-2-4-17(18)19-12-22-13-24(19)21/h2-9,12-13,15H,10-11H2,1H3,(H,23,25). The maximum absolute atomic E-state index is 12.6. The lowest BCUT2D eigenvalue weighted by Crippen LogP contribution is -2.49. The Morgan fingerprint density at radius 1 is 1.16 bits per heavy atom. The van der Waals surface area contributed by atoms with Crippen molar-refractivity contribution in [3.63, 3.8) is 0 Å². The molecule has 25 heavy (non-hydrogen) atoms. The van der Waals surface area contributed by atoms with Gasteiger partial charge in [0.2, 0.25) is 5.91 Å². The number of fused-ring (bicyclic) bond motifs is 5.